The van der Waals surface area contributed by atoms with E-state index in [2.05, 4.69) is 5.32 Å². The molecule has 7 heteroatoms. The SMILES string of the molecule is COc1ccc(OC)c(N2CCN(CC(=O)Nc3ccc(C)cc3C)C2=O)c1. The van der Waals surface area contributed by atoms with Crippen molar-refractivity contribution in [1.82, 2.24) is 4.90 Å². The normalized spacial score (nSPS) is 13.6. The van der Waals surface area contributed by atoms with Crippen LogP contribution < -0.4 is 19.7 Å². The van der Waals surface area contributed by atoms with E-state index in [-0.39, 0.29) is 18.5 Å². The predicted octanol–water partition coefficient (Wildman–Crippen LogP) is 3.20. The van der Waals surface area contributed by atoms with E-state index in [1.165, 1.54) is 4.90 Å². The van der Waals surface area contributed by atoms with Gasteiger partial charge in [-0.25, -0.2) is 4.79 Å². The van der Waals surface area contributed by atoms with Gasteiger partial charge in [-0.2, -0.15) is 0 Å². The lowest BCUT2D eigenvalue weighted by molar-refractivity contribution is -0.116. The van der Waals surface area contributed by atoms with E-state index in [9.17, 15) is 9.59 Å². The molecular formula is C21H25N3O4. The lowest BCUT2D eigenvalue weighted by Gasteiger charge is -2.21. The number of hydrogen-bond acceptors (Lipinski definition) is 4. The van der Waals surface area contributed by atoms with Crippen LogP contribution in [0.1, 0.15) is 11.1 Å². The van der Waals surface area contributed by atoms with Crippen molar-refractivity contribution in [2.24, 2.45) is 0 Å². The molecule has 1 aliphatic rings. The first kappa shape index (κ1) is 19.5. The Hall–Kier alpha value is -3.22. The minimum Gasteiger partial charge on any atom is -0.497 e. The summed E-state index contributed by atoms with van der Waals surface area (Å²) in [6.07, 6.45) is 0. The molecule has 2 aromatic rings. The Morgan fingerprint density at radius 2 is 1.86 bits per heavy atom. The predicted molar refractivity (Wildman–Crippen MR) is 108 cm³/mol. The monoisotopic (exact) mass is 383 g/mol. The van der Waals surface area contributed by atoms with Gasteiger partial charge >= 0.3 is 6.03 Å². The topological polar surface area (TPSA) is 71.1 Å². The molecule has 0 spiro atoms. The standard InChI is InChI=1S/C21H25N3O4/c1-14-5-7-17(15(2)11-14)22-20(25)13-23-9-10-24(21(23)26)18-12-16(27-3)6-8-19(18)28-4/h5-8,11-12H,9-10,13H2,1-4H3,(H,22,25). The highest BCUT2D eigenvalue weighted by Crippen LogP contribution is 2.34. The second-order valence-electron chi connectivity index (χ2n) is 6.76. The van der Waals surface area contributed by atoms with E-state index >= 15 is 0 Å². The van der Waals surface area contributed by atoms with Crippen LogP contribution in [-0.4, -0.2) is 50.7 Å². The number of carbonyl (C=O) groups excluding carboxylic acids is 2. The number of carbonyl (C=O) groups is 2. The number of nitrogens with zero attached hydrogens (tertiary/aromatic N) is 2. The van der Waals surface area contributed by atoms with E-state index in [4.69, 9.17) is 9.47 Å². The maximum atomic E-state index is 12.8. The summed E-state index contributed by atoms with van der Waals surface area (Å²) in [5.41, 5.74) is 3.51. The van der Waals surface area contributed by atoms with Crippen molar-refractivity contribution in [3.8, 4) is 11.5 Å². The van der Waals surface area contributed by atoms with Gasteiger partial charge in [0.1, 0.15) is 18.0 Å². The van der Waals surface area contributed by atoms with E-state index in [0.29, 0.717) is 30.3 Å². The number of methoxy groups -OCH3 is 2. The van der Waals surface area contributed by atoms with E-state index in [0.717, 1.165) is 16.8 Å². The Bertz CT molecular complexity index is 897. The fourth-order valence-electron chi connectivity index (χ4n) is 3.28. The largest absolute Gasteiger partial charge is 0.497 e. The number of urea groups is 1. The van der Waals surface area contributed by atoms with Gasteiger partial charge in [0.05, 0.1) is 19.9 Å². The summed E-state index contributed by atoms with van der Waals surface area (Å²) in [6.45, 7) is 4.87. The Morgan fingerprint density at radius 1 is 1.07 bits per heavy atom. The molecule has 3 rings (SSSR count). The molecule has 0 radical (unpaired) electrons. The number of anilines is 2. The van der Waals surface area contributed by atoms with Gasteiger partial charge < -0.3 is 19.7 Å². The van der Waals surface area contributed by atoms with Gasteiger partial charge in [-0.1, -0.05) is 17.7 Å². The summed E-state index contributed by atoms with van der Waals surface area (Å²) in [5.74, 6) is 0.991. The summed E-state index contributed by atoms with van der Waals surface area (Å²) in [7, 11) is 3.13. The molecule has 0 aromatic heterocycles. The van der Waals surface area contributed by atoms with Gasteiger partial charge in [0.25, 0.3) is 0 Å². The Labute approximate surface area is 164 Å². The number of rotatable bonds is 6. The number of benzene rings is 2. The van der Waals surface area contributed by atoms with Gasteiger partial charge in [0.15, 0.2) is 0 Å². The van der Waals surface area contributed by atoms with E-state index in [1.807, 2.05) is 32.0 Å². The van der Waals surface area contributed by atoms with Crippen molar-refractivity contribution < 1.29 is 19.1 Å². The third-order valence-electron chi connectivity index (χ3n) is 4.76. The van der Waals surface area contributed by atoms with Crippen LogP contribution in [0.3, 0.4) is 0 Å². The molecule has 0 unspecified atom stereocenters. The first-order chi connectivity index (χ1) is 13.4. The number of hydrogen-bond donors (Lipinski definition) is 1. The van der Waals surface area contributed by atoms with Crippen molar-refractivity contribution in [1.29, 1.82) is 0 Å². The average molecular weight is 383 g/mol. The summed E-state index contributed by atoms with van der Waals surface area (Å²) in [5, 5.41) is 2.88. The average Bonchev–Trinajstić information content (AvgIpc) is 3.03. The van der Waals surface area contributed by atoms with E-state index < -0.39 is 0 Å². The van der Waals surface area contributed by atoms with Gasteiger partial charge in [-0.3, -0.25) is 9.69 Å². The minimum atomic E-state index is -0.234. The Balaban J connectivity index is 1.69. The van der Waals surface area contributed by atoms with Crippen LogP contribution >= 0.6 is 0 Å². The van der Waals surface area contributed by atoms with Gasteiger partial charge in [-0.15, -0.1) is 0 Å². The first-order valence-electron chi connectivity index (χ1n) is 9.08. The zero-order valence-corrected chi connectivity index (χ0v) is 16.6. The van der Waals surface area contributed by atoms with Crippen molar-refractivity contribution in [2.75, 3.05) is 44.1 Å². The van der Waals surface area contributed by atoms with Crippen LogP contribution in [0.15, 0.2) is 36.4 Å². The smallest absolute Gasteiger partial charge is 0.325 e. The maximum Gasteiger partial charge on any atom is 0.325 e. The van der Waals surface area contributed by atoms with Crippen LogP contribution in [0, 0.1) is 13.8 Å². The maximum absolute atomic E-state index is 12.8. The highest BCUT2D eigenvalue weighted by molar-refractivity contribution is 6.00. The van der Waals surface area contributed by atoms with Gasteiger partial charge in [0.2, 0.25) is 5.91 Å². The molecule has 0 saturated carbocycles. The van der Waals surface area contributed by atoms with E-state index in [1.54, 1.807) is 37.3 Å². The molecule has 28 heavy (non-hydrogen) atoms. The fourth-order valence-corrected chi connectivity index (χ4v) is 3.28. The molecule has 0 bridgehead atoms. The summed E-state index contributed by atoms with van der Waals surface area (Å²) in [6, 6.07) is 10.9. The third kappa shape index (κ3) is 4.03. The van der Waals surface area contributed by atoms with Gasteiger partial charge in [0, 0.05) is 24.8 Å². The number of amides is 3. The van der Waals surface area contributed by atoms with Crippen LogP contribution in [-0.2, 0) is 4.79 Å². The molecule has 0 atom stereocenters. The molecule has 148 valence electrons. The van der Waals surface area contributed by atoms with Crippen LogP contribution in [0.5, 0.6) is 11.5 Å². The first-order valence-corrected chi connectivity index (χ1v) is 9.08. The number of ether oxygens (including phenoxy) is 2. The van der Waals surface area contributed by atoms with Crippen LogP contribution in [0.4, 0.5) is 16.2 Å². The zero-order valence-electron chi connectivity index (χ0n) is 16.6. The molecule has 1 saturated heterocycles. The molecule has 2 aromatic carbocycles. The lowest BCUT2D eigenvalue weighted by atomic mass is 10.1. The molecule has 7 nitrogen and oxygen atoms in total. The second-order valence-corrected chi connectivity index (χ2v) is 6.76. The van der Waals surface area contributed by atoms with Crippen LogP contribution in [0.2, 0.25) is 0 Å². The minimum absolute atomic E-state index is 0.00503. The molecule has 1 heterocycles. The van der Waals surface area contributed by atoms with Crippen molar-refractivity contribution in [3.05, 3.63) is 47.5 Å². The Morgan fingerprint density at radius 3 is 2.54 bits per heavy atom. The summed E-state index contributed by atoms with van der Waals surface area (Å²) < 4.78 is 10.6. The highest BCUT2D eigenvalue weighted by atomic mass is 16.5. The Kier molecular flexibility index (Phi) is 5.73. The lowest BCUT2D eigenvalue weighted by Crippen LogP contribution is -2.37. The number of nitrogens with one attached hydrogen (secondary N) is 1. The second kappa shape index (κ2) is 8.21. The van der Waals surface area contributed by atoms with Gasteiger partial charge in [-0.05, 0) is 37.6 Å². The molecular weight excluding hydrogens is 358 g/mol. The molecule has 3 amide bonds. The highest BCUT2D eigenvalue weighted by Gasteiger charge is 2.32. The molecule has 1 aliphatic heterocycles. The van der Waals surface area contributed by atoms with Crippen molar-refractivity contribution in [2.45, 2.75) is 13.8 Å². The van der Waals surface area contributed by atoms with Crippen molar-refractivity contribution >= 4 is 23.3 Å². The van der Waals surface area contributed by atoms with Crippen LogP contribution in [0.25, 0.3) is 0 Å². The molecule has 1 N–H and O–H groups in total. The zero-order chi connectivity index (χ0) is 20.3. The van der Waals surface area contributed by atoms with Crippen molar-refractivity contribution in [3.63, 3.8) is 0 Å². The summed E-state index contributed by atoms with van der Waals surface area (Å²) >= 11 is 0. The summed E-state index contributed by atoms with van der Waals surface area (Å²) in [4.78, 5) is 28.4. The quantitative estimate of drug-likeness (QED) is 0.832. The molecule has 0 aliphatic carbocycles. The number of aryl methyl sites for hydroxylation is 2. The molecule has 1 fully saturated rings. The fraction of sp³-hybridized carbons (Fsp3) is 0.333. The third-order valence-corrected chi connectivity index (χ3v) is 4.76.